The van der Waals surface area contributed by atoms with Crippen molar-refractivity contribution >= 4 is 29.2 Å². The van der Waals surface area contributed by atoms with Gasteiger partial charge in [0.2, 0.25) is 0 Å². The average Bonchev–Trinajstić information content (AvgIpc) is 3.50. The summed E-state index contributed by atoms with van der Waals surface area (Å²) in [7, 11) is 0. The maximum Gasteiger partial charge on any atom is 0.376 e. The van der Waals surface area contributed by atoms with Gasteiger partial charge in [0.05, 0.1) is 5.69 Å². The summed E-state index contributed by atoms with van der Waals surface area (Å²) in [5.41, 5.74) is 3.35. The molecule has 1 heterocycles. The Kier molecular flexibility index (Phi) is 5.17. The Balaban J connectivity index is 1.69. The Labute approximate surface area is 166 Å². The van der Waals surface area contributed by atoms with Gasteiger partial charge in [-0.2, -0.15) is 0 Å². The molecule has 0 unspecified atom stereocenters. The minimum Gasteiger partial charge on any atom is -0.348 e. The molecule has 1 aliphatic carbocycles. The fourth-order valence-corrected chi connectivity index (χ4v) is 2.69. The Morgan fingerprint density at radius 3 is 2.38 bits per heavy atom. The smallest absolute Gasteiger partial charge is 0.348 e. The summed E-state index contributed by atoms with van der Waals surface area (Å²) in [5.74, 6) is -1.78. The lowest BCUT2D eigenvalue weighted by Crippen LogP contribution is -2.34. The van der Waals surface area contributed by atoms with Gasteiger partial charge in [-0.15, -0.1) is 0 Å². The summed E-state index contributed by atoms with van der Waals surface area (Å²) in [6.45, 7) is 0. The highest BCUT2D eigenvalue weighted by Gasteiger charge is 2.32. The third kappa shape index (κ3) is 4.39. The molecule has 146 valence electrons. The van der Waals surface area contributed by atoms with Crippen molar-refractivity contribution in [3.05, 3.63) is 78.0 Å². The standard InChI is InChI=1S/C21H18N4O4/c26-19(14-7-3-1-4-8-14)23-17(20(27)22-15-11-12-15)13-18-21(28)29-24-25(18)16-9-5-2-6-10-16/h1-10,13,15,24H,11-12H2,(H,22,27)/b18-13+,23-17?. The van der Waals surface area contributed by atoms with Crippen molar-refractivity contribution in [3.8, 4) is 0 Å². The minimum atomic E-state index is -0.687. The fourth-order valence-electron chi connectivity index (χ4n) is 2.69. The van der Waals surface area contributed by atoms with Crippen LogP contribution in [0.15, 0.2) is 77.4 Å². The molecule has 2 aliphatic rings. The molecular weight excluding hydrogens is 372 g/mol. The molecule has 1 saturated carbocycles. The van der Waals surface area contributed by atoms with Crippen LogP contribution in [0.2, 0.25) is 0 Å². The molecule has 0 aromatic heterocycles. The Hall–Kier alpha value is -3.78. The second-order valence-electron chi connectivity index (χ2n) is 6.60. The highest BCUT2D eigenvalue weighted by atomic mass is 16.7. The van der Waals surface area contributed by atoms with Gasteiger partial charge >= 0.3 is 5.97 Å². The predicted molar refractivity (Wildman–Crippen MR) is 106 cm³/mol. The van der Waals surface area contributed by atoms with Crippen LogP contribution in [0.25, 0.3) is 0 Å². The van der Waals surface area contributed by atoms with Crippen LogP contribution in [-0.2, 0) is 14.4 Å². The molecule has 2 fully saturated rings. The van der Waals surface area contributed by atoms with E-state index in [1.807, 2.05) is 6.07 Å². The van der Waals surface area contributed by atoms with Crippen LogP contribution in [0.1, 0.15) is 23.2 Å². The number of anilines is 1. The number of hydrogen-bond acceptors (Lipinski definition) is 6. The first kappa shape index (κ1) is 18.6. The lowest BCUT2D eigenvalue weighted by molar-refractivity contribution is -0.140. The van der Waals surface area contributed by atoms with Gasteiger partial charge in [-0.1, -0.05) is 42.0 Å². The number of nitrogens with zero attached hydrogens (tertiary/aromatic N) is 2. The van der Waals surface area contributed by atoms with Crippen molar-refractivity contribution in [3.63, 3.8) is 0 Å². The topological polar surface area (TPSA) is 100 Å². The summed E-state index contributed by atoms with van der Waals surface area (Å²) < 4.78 is 0. The number of hydrazine groups is 1. The van der Waals surface area contributed by atoms with Crippen molar-refractivity contribution in [2.75, 3.05) is 5.01 Å². The summed E-state index contributed by atoms with van der Waals surface area (Å²) in [5, 5.41) is 4.18. The van der Waals surface area contributed by atoms with E-state index in [-0.39, 0.29) is 17.5 Å². The Morgan fingerprint density at radius 1 is 1.07 bits per heavy atom. The number of rotatable bonds is 5. The SMILES string of the molecule is O=C(NC1CC1)C(/C=C1\C(=O)ONN1c1ccccc1)=NC(=O)c1ccccc1. The molecule has 1 saturated heterocycles. The van der Waals surface area contributed by atoms with Crippen LogP contribution in [0.5, 0.6) is 0 Å². The first-order valence-electron chi connectivity index (χ1n) is 9.14. The van der Waals surface area contributed by atoms with Crippen molar-refractivity contribution in [1.82, 2.24) is 10.9 Å². The van der Waals surface area contributed by atoms with Gasteiger partial charge < -0.3 is 10.2 Å². The van der Waals surface area contributed by atoms with Crippen molar-refractivity contribution in [2.45, 2.75) is 18.9 Å². The monoisotopic (exact) mass is 390 g/mol. The van der Waals surface area contributed by atoms with Gasteiger partial charge in [0, 0.05) is 17.7 Å². The molecule has 29 heavy (non-hydrogen) atoms. The van der Waals surface area contributed by atoms with Gasteiger partial charge in [0.15, 0.2) is 5.70 Å². The molecule has 0 bridgehead atoms. The first-order chi connectivity index (χ1) is 14.1. The number of amides is 2. The highest BCUT2D eigenvalue weighted by molar-refractivity contribution is 6.46. The number of aliphatic imine (C=N–C) groups is 1. The molecule has 2 N–H and O–H groups in total. The number of carbonyl (C=O) groups excluding carboxylic acids is 3. The van der Waals surface area contributed by atoms with Crippen LogP contribution in [0, 0.1) is 0 Å². The molecule has 2 aromatic carbocycles. The zero-order valence-electron chi connectivity index (χ0n) is 15.4. The van der Waals surface area contributed by atoms with Gasteiger partial charge in [-0.25, -0.2) is 14.8 Å². The van der Waals surface area contributed by atoms with Gasteiger partial charge in [-0.3, -0.25) is 9.59 Å². The predicted octanol–water partition coefficient (Wildman–Crippen LogP) is 1.91. The van der Waals surface area contributed by atoms with E-state index >= 15 is 0 Å². The van der Waals surface area contributed by atoms with E-state index in [1.54, 1.807) is 54.6 Å². The number of carbonyl (C=O) groups is 3. The largest absolute Gasteiger partial charge is 0.376 e. The zero-order chi connectivity index (χ0) is 20.2. The van der Waals surface area contributed by atoms with Crippen LogP contribution in [-0.4, -0.2) is 29.5 Å². The summed E-state index contributed by atoms with van der Waals surface area (Å²) in [4.78, 5) is 46.3. The number of hydrogen-bond donors (Lipinski definition) is 2. The molecule has 0 atom stereocenters. The number of para-hydroxylation sites is 1. The van der Waals surface area contributed by atoms with E-state index in [1.165, 1.54) is 11.1 Å². The van der Waals surface area contributed by atoms with Gasteiger partial charge in [0.1, 0.15) is 5.71 Å². The maximum absolute atomic E-state index is 12.7. The van der Waals surface area contributed by atoms with E-state index in [9.17, 15) is 14.4 Å². The third-order valence-corrected chi connectivity index (χ3v) is 4.36. The Morgan fingerprint density at radius 2 is 1.72 bits per heavy atom. The van der Waals surface area contributed by atoms with Crippen molar-refractivity contribution in [1.29, 1.82) is 0 Å². The normalized spacial score (nSPS) is 17.9. The molecule has 1 aliphatic heterocycles. The highest BCUT2D eigenvalue weighted by Crippen LogP contribution is 2.22. The summed E-state index contributed by atoms with van der Waals surface area (Å²) in [6, 6.07) is 17.4. The van der Waals surface area contributed by atoms with Crippen molar-refractivity contribution in [2.24, 2.45) is 4.99 Å². The number of nitrogens with one attached hydrogen (secondary N) is 2. The molecule has 0 spiro atoms. The second-order valence-corrected chi connectivity index (χ2v) is 6.60. The van der Waals surface area contributed by atoms with Crippen LogP contribution < -0.4 is 15.9 Å². The molecule has 8 nitrogen and oxygen atoms in total. The molecule has 2 amide bonds. The van der Waals surface area contributed by atoms with Crippen molar-refractivity contribution < 1.29 is 19.2 Å². The molecule has 4 rings (SSSR count). The molecule has 8 heteroatoms. The maximum atomic E-state index is 12.7. The van der Waals surface area contributed by atoms with Gasteiger partial charge in [-0.05, 0) is 37.1 Å². The minimum absolute atomic E-state index is 0.0433. The van der Waals surface area contributed by atoms with E-state index in [0.717, 1.165) is 12.8 Å². The fraction of sp³-hybridized carbons (Fsp3) is 0.143. The zero-order valence-corrected chi connectivity index (χ0v) is 15.4. The van der Waals surface area contributed by atoms with E-state index in [0.29, 0.717) is 11.3 Å². The summed E-state index contributed by atoms with van der Waals surface area (Å²) >= 11 is 0. The summed E-state index contributed by atoms with van der Waals surface area (Å²) in [6.07, 6.45) is 3.01. The quantitative estimate of drug-likeness (QED) is 0.598. The lowest BCUT2D eigenvalue weighted by atomic mass is 10.2. The Bertz CT molecular complexity index is 998. The molecule has 2 aromatic rings. The van der Waals surface area contributed by atoms with E-state index in [4.69, 9.17) is 4.84 Å². The van der Waals surface area contributed by atoms with Crippen LogP contribution in [0.4, 0.5) is 5.69 Å². The first-order valence-corrected chi connectivity index (χ1v) is 9.14. The lowest BCUT2D eigenvalue weighted by Gasteiger charge is -2.15. The molecule has 0 radical (unpaired) electrons. The third-order valence-electron chi connectivity index (χ3n) is 4.36. The van der Waals surface area contributed by atoms with Gasteiger partial charge in [0.25, 0.3) is 11.8 Å². The number of benzene rings is 2. The molecular formula is C21H18N4O4. The second kappa shape index (κ2) is 8.07. The van der Waals surface area contributed by atoms with E-state index in [2.05, 4.69) is 15.9 Å². The van der Waals surface area contributed by atoms with E-state index < -0.39 is 17.8 Å². The van der Waals surface area contributed by atoms with Crippen LogP contribution >= 0.6 is 0 Å². The van der Waals surface area contributed by atoms with Crippen LogP contribution in [0.3, 0.4) is 0 Å². The average molecular weight is 390 g/mol.